The maximum absolute atomic E-state index is 14.0. The normalized spacial score (nSPS) is 12.0. The van der Waals surface area contributed by atoms with Crippen LogP contribution in [0.2, 0.25) is 0 Å². The first kappa shape index (κ1) is 33.5. The molecule has 0 fully saturated rings. The van der Waals surface area contributed by atoms with Crippen molar-refractivity contribution in [3.8, 4) is 11.5 Å². The number of hydrogen-bond acceptors (Lipinski definition) is 6. The molecule has 3 aromatic rings. The Hall–Kier alpha value is -4.05. The van der Waals surface area contributed by atoms with Gasteiger partial charge in [0, 0.05) is 32.5 Å². The molecule has 0 saturated carbocycles. The lowest BCUT2D eigenvalue weighted by Crippen LogP contribution is -2.51. The topological polar surface area (TPSA) is 105 Å². The Morgan fingerprint density at radius 1 is 0.884 bits per heavy atom. The SMILES string of the molecule is COc1cccc(CN(C(=O)CCCN(c2ccccc2OC)S(C)(=O)=O)[C@H](Cc2ccccc2)C(=O)NCC(C)C)c1. The van der Waals surface area contributed by atoms with E-state index in [9.17, 15) is 18.0 Å². The van der Waals surface area contributed by atoms with Crippen molar-refractivity contribution in [2.24, 2.45) is 5.92 Å². The summed E-state index contributed by atoms with van der Waals surface area (Å²) in [7, 11) is -0.600. The van der Waals surface area contributed by atoms with Gasteiger partial charge in [-0.15, -0.1) is 0 Å². The minimum atomic E-state index is -3.66. The molecule has 3 aromatic carbocycles. The number of benzene rings is 3. The predicted octanol–water partition coefficient (Wildman–Crippen LogP) is 4.66. The van der Waals surface area contributed by atoms with Crippen LogP contribution >= 0.6 is 0 Å². The third kappa shape index (κ3) is 10.0. The van der Waals surface area contributed by atoms with E-state index in [1.165, 1.54) is 11.4 Å². The zero-order valence-electron chi connectivity index (χ0n) is 25.7. The van der Waals surface area contributed by atoms with Crippen LogP contribution in [0.4, 0.5) is 5.69 Å². The second-order valence-electron chi connectivity index (χ2n) is 10.8. The van der Waals surface area contributed by atoms with Crippen LogP contribution in [0, 0.1) is 5.92 Å². The Balaban J connectivity index is 1.91. The van der Waals surface area contributed by atoms with Crippen LogP contribution in [0.15, 0.2) is 78.9 Å². The van der Waals surface area contributed by atoms with Gasteiger partial charge in [0.1, 0.15) is 17.5 Å². The number of sulfonamides is 1. The molecule has 1 N–H and O–H groups in total. The van der Waals surface area contributed by atoms with Gasteiger partial charge in [-0.1, -0.05) is 68.4 Å². The standard InChI is InChI=1S/C33H43N3O6S/c1-25(2)23-34-33(38)30(22-26-13-7-6-8-14-26)35(24-27-15-11-16-28(21-27)41-3)32(37)19-12-20-36(43(5,39)40)29-17-9-10-18-31(29)42-4/h6-11,13-18,21,25,30H,12,19-20,22-24H2,1-5H3,(H,34,38)/t30-/m1/s1. The number of rotatable bonds is 16. The molecule has 10 heteroatoms. The summed E-state index contributed by atoms with van der Waals surface area (Å²) in [6.45, 7) is 4.77. The molecule has 0 heterocycles. The summed E-state index contributed by atoms with van der Waals surface area (Å²) in [5.74, 6) is 0.816. The van der Waals surface area contributed by atoms with Crippen molar-refractivity contribution in [3.63, 3.8) is 0 Å². The van der Waals surface area contributed by atoms with E-state index in [1.807, 2.05) is 68.4 Å². The molecular formula is C33H43N3O6S. The van der Waals surface area contributed by atoms with Crippen LogP contribution in [-0.4, -0.2) is 64.7 Å². The molecule has 0 spiro atoms. The van der Waals surface area contributed by atoms with Gasteiger partial charge >= 0.3 is 0 Å². The number of methoxy groups -OCH3 is 2. The molecular weight excluding hydrogens is 566 g/mol. The zero-order valence-corrected chi connectivity index (χ0v) is 26.5. The van der Waals surface area contributed by atoms with Gasteiger partial charge in [0.25, 0.3) is 0 Å². The first-order chi connectivity index (χ1) is 20.5. The number of nitrogens with one attached hydrogen (secondary N) is 1. The van der Waals surface area contributed by atoms with Gasteiger partial charge in [-0.05, 0) is 47.7 Å². The number of carbonyl (C=O) groups is 2. The molecule has 0 saturated heterocycles. The molecule has 9 nitrogen and oxygen atoms in total. The average Bonchev–Trinajstić information content (AvgIpc) is 2.99. The summed E-state index contributed by atoms with van der Waals surface area (Å²) >= 11 is 0. The number of anilines is 1. The Morgan fingerprint density at radius 3 is 2.21 bits per heavy atom. The summed E-state index contributed by atoms with van der Waals surface area (Å²) in [6, 6.07) is 23.1. The van der Waals surface area contributed by atoms with Crippen molar-refractivity contribution in [2.45, 2.75) is 45.7 Å². The summed E-state index contributed by atoms with van der Waals surface area (Å²) < 4.78 is 37.5. The van der Waals surface area contributed by atoms with Gasteiger partial charge in [-0.3, -0.25) is 13.9 Å². The number of hydrogen-bond donors (Lipinski definition) is 1. The Labute approximate surface area is 255 Å². The Kier molecular flexibility index (Phi) is 12.4. The van der Waals surface area contributed by atoms with Crippen molar-refractivity contribution in [1.29, 1.82) is 0 Å². The minimum absolute atomic E-state index is 0.0356. The van der Waals surface area contributed by atoms with Gasteiger partial charge in [0.15, 0.2) is 0 Å². The summed E-state index contributed by atoms with van der Waals surface area (Å²) in [5.41, 5.74) is 2.15. The van der Waals surface area contributed by atoms with Crippen LogP contribution < -0.4 is 19.1 Å². The number of nitrogens with zero attached hydrogens (tertiary/aromatic N) is 2. The molecule has 0 aromatic heterocycles. The summed E-state index contributed by atoms with van der Waals surface area (Å²) in [6.07, 6.45) is 1.74. The van der Waals surface area contributed by atoms with Crippen molar-refractivity contribution in [2.75, 3.05) is 37.9 Å². The number of carbonyl (C=O) groups excluding carboxylic acids is 2. The molecule has 0 aliphatic rings. The lowest BCUT2D eigenvalue weighted by atomic mass is 10.0. The van der Waals surface area contributed by atoms with Crippen molar-refractivity contribution in [1.82, 2.24) is 10.2 Å². The molecule has 3 rings (SSSR count). The fourth-order valence-electron chi connectivity index (χ4n) is 4.76. The van der Waals surface area contributed by atoms with E-state index in [0.717, 1.165) is 17.4 Å². The molecule has 1 atom stereocenters. The highest BCUT2D eigenvalue weighted by Gasteiger charge is 2.31. The van der Waals surface area contributed by atoms with Crippen LogP contribution in [0.3, 0.4) is 0 Å². The maximum atomic E-state index is 14.0. The quantitative estimate of drug-likeness (QED) is 0.253. The molecule has 0 radical (unpaired) electrons. The van der Waals surface area contributed by atoms with E-state index in [1.54, 1.807) is 36.3 Å². The lowest BCUT2D eigenvalue weighted by Gasteiger charge is -2.32. The first-order valence-corrected chi connectivity index (χ1v) is 16.2. The molecule has 232 valence electrons. The molecule has 0 unspecified atom stereocenters. The first-order valence-electron chi connectivity index (χ1n) is 14.4. The van der Waals surface area contributed by atoms with Crippen molar-refractivity contribution < 1.29 is 27.5 Å². The van der Waals surface area contributed by atoms with Crippen molar-refractivity contribution in [3.05, 3.63) is 90.0 Å². The second-order valence-corrected chi connectivity index (χ2v) is 12.7. The number of ether oxygens (including phenoxy) is 2. The van der Waals surface area contributed by atoms with Gasteiger partial charge in [-0.2, -0.15) is 0 Å². The smallest absolute Gasteiger partial charge is 0.243 e. The second kappa shape index (κ2) is 16.0. The Morgan fingerprint density at radius 2 is 1.56 bits per heavy atom. The van der Waals surface area contributed by atoms with Gasteiger partial charge < -0.3 is 19.7 Å². The number of amides is 2. The molecule has 0 aliphatic carbocycles. The van der Waals surface area contributed by atoms with E-state index in [2.05, 4.69) is 5.32 Å². The fraction of sp³-hybridized carbons (Fsp3) is 0.394. The van der Waals surface area contributed by atoms with Crippen LogP contribution in [0.5, 0.6) is 11.5 Å². The zero-order chi connectivity index (χ0) is 31.4. The fourth-order valence-corrected chi connectivity index (χ4v) is 5.73. The van der Waals surface area contributed by atoms with E-state index in [4.69, 9.17) is 9.47 Å². The van der Waals surface area contributed by atoms with Crippen LogP contribution in [-0.2, 0) is 32.6 Å². The lowest BCUT2D eigenvalue weighted by molar-refractivity contribution is -0.141. The van der Waals surface area contributed by atoms with E-state index in [0.29, 0.717) is 30.2 Å². The third-order valence-corrected chi connectivity index (χ3v) is 8.13. The molecule has 43 heavy (non-hydrogen) atoms. The number of para-hydroxylation sites is 2. The summed E-state index contributed by atoms with van der Waals surface area (Å²) in [5, 5.41) is 3.02. The van der Waals surface area contributed by atoms with Gasteiger partial charge in [0.2, 0.25) is 21.8 Å². The monoisotopic (exact) mass is 609 g/mol. The summed E-state index contributed by atoms with van der Waals surface area (Å²) in [4.78, 5) is 29.2. The highest BCUT2D eigenvalue weighted by molar-refractivity contribution is 7.92. The molecule has 2 amide bonds. The highest BCUT2D eigenvalue weighted by Crippen LogP contribution is 2.30. The maximum Gasteiger partial charge on any atom is 0.243 e. The minimum Gasteiger partial charge on any atom is -0.497 e. The molecule has 0 aliphatic heterocycles. The third-order valence-electron chi connectivity index (χ3n) is 6.95. The Bertz CT molecular complexity index is 1450. The van der Waals surface area contributed by atoms with E-state index >= 15 is 0 Å². The van der Waals surface area contributed by atoms with Gasteiger partial charge in [-0.25, -0.2) is 8.42 Å². The van der Waals surface area contributed by atoms with Crippen molar-refractivity contribution >= 4 is 27.5 Å². The van der Waals surface area contributed by atoms with Gasteiger partial charge in [0.05, 0.1) is 26.2 Å². The van der Waals surface area contributed by atoms with E-state index < -0.39 is 16.1 Å². The average molecular weight is 610 g/mol. The highest BCUT2D eigenvalue weighted by atomic mass is 32.2. The largest absolute Gasteiger partial charge is 0.497 e. The van der Waals surface area contributed by atoms with Crippen LogP contribution in [0.25, 0.3) is 0 Å². The predicted molar refractivity (Wildman–Crippen MR) is 170 cm³/mol. The molecule has 0 bridgehead atoms. The van der Waals surface area contributed by atoms with Crippen LogP contribution in [0.1, 0.15) is 37.8 Å². The van der Waals surface area contributed by atoms with E-state index in [-0.39, 0.29) is 43.7 Å².